The van der Waals surface area contributed by atoms with Crippen LogP contribution in [0.1, 0.15) is 16.7 Å². The Bertz CT molecular complexity index is 1180. The third-order valence-corrected chi connectivity index (χ3v) is 5.61. The summed E-state index contributed by atoms with van der Waals surface area (Å²) in [6.45, 7) is 5.82. The zero-order valence-corrected chi connectivity index (χ0v) is 20.4. The quantitative estimate of drug-likeness (QED) is 0.315. The number of carbonyl (C=O) groups is 1. The van der Waals surface area contributed by atoms with Crippen LogP contribution in [-0.2, 0) is 11.4 Å². The summed E-state index contributed by atoms with van der Waals surface area (Å²) >= 11 is 1.63. The van der Waals surface area contributed by atoms with Crippen molar-refractivity contribution < 1.29 is 24.1 Å². The Labute approximate surface area is 204 Å². The van der Waals surface area contributed by atoms with Crippen molar-refractivity contribution in [2.45, 2.75) is 13.5 Å². The largest absolute Gasteiger partial charge is 0.497 e. The minimum atomic E-state index is -1.01. The molecule has 0 aliphatic carbocycles. The number of benzene rings is 3. The number of ether oxygens (including phenoxy) is 3. The zero-order valence-electron chi connectivity index (χ0n) is 19.5. The number of aliphatic carboxylic acids is 1. The Kier molecular flexibility index (Phi) is 8.82. The van der Waals surface area contributed by atoms with Crippen LogP contribution in [0.25, 0.3) is 16.7 Å². The Morgan fingerprint density at radius 1 is 1.00 bits per heavy atom. The highest BCUT2D eigenvalue weighted by Crippen LogP contribution is 2.30. The summed E-state index contributed by atoms with van der Waals surface area (Å²) in [6, 6.07) is 19.7. The van der Waals surface area contributed by atoms with E-state index in [9.17, 15) is 4.79 Å². The van der Waals surface area contributed by atoms with Gasteiger partial charge in [-0.1, -0.05) is 24.8 Å². The lowest BCUT2D eigenvalue weighted by molar-refractivity contribution is -0.139. The maximum absolute atomic E-state index is 10.7. The number of carboxylic acid groups (broad SMARTS) is 1. The van der Waals surface area contributed by atoms with Crippen molar-refractivity contribution in [2.75, 3.05) is 20.0 Å². The van der Waals surface area contributed by atoms with Gasteiger partial charge < -0.3 is 19.3 Å². The van der Waals surface area contributed by atoms with E-state index < -0.39 is 5.97 Å². The third kappa shape index (κ3) is 6.68. The third-order valence-electron chi connectivity index (χ3n) is 5.12. The molecule has 176 valence electrons. The summed E-state index contributed by atoms with van der Waals surface area (Å²) in [6.07, 6.45) is 3.88. The topological polar surface area (TPSA) is 65.0 Å². The van der Waals surface area contributed by atoms with Gasteiger partial charge in [0.05, 0.1) is 7.11 Å². The molecule has 0 fully saturated rings. The van der Waals surface area contributed by atoms with Crippen LogP contribution >= 0.6 is 11.8 Å². The van der Waals surface area contributed by atoms with Gasteiger partial charge in [0, 0.05) is 0 Å². The Balaban J connectivity index is 1.87. The summed E-state index contributed by atoms with van der Waals surface area (Å²) in [4.78, 5) is 10.7. The van der Waals surface area contributed by atoms with Gasteiger partial charge in [0.25, 0.3) is 0 Å². The van der Waals surface area contributed by atoms with Gasteiger partial charge >= 0.3 is 5.97 Å². The minimum absolute atomic E-state index is 0.370. The molecular formula is C28H28O5S. The van der Waals surface area contributed by atoms with E-state index >= 15 is 0 Å². The molecule has 3 aromatic rings. The van der Waals surface area contributed by atoms with E-state index in [0.29, 0.717) is 18.1 Å². The number of hydrogen-bond acceptors (Lipinski definition) is 5. The van der Waals surface area contributed by atoms with E-state index in [-0.39, 0.29) is 6.61 Å². The second kappa shape index (κ2) is 12.0. The van der Waals surface area contributed by atoms with Gasteiger partial charge in [-0.3, -0.25) is 0 Å². The number of aryl methyl sites for hydroxylation is 1. The molecular weight excluding hydrogens is 448 g/mol. The number of carboxylic acids is 1. The van der Waals surface area contributed by atoms with Gasteiger partial charge in [-0.25, -0.2) is 4.79 Å². The van der Waals surface area contributed by atoms with E-state index in [1.807, 2.05) is 49.6 Å². The first-order valence-corrected chi connectivity index (χ1v) is 11.9. The lowest BCUT2D eigenvalue weighted by Crippen LogP contribution is -2.10. The van der Waals surface area contributed by atoms with Crippen molar-refractivity contribution in [1.29, 1.82) is 0 Å². The van der Waals surface area contributed by atoms with Crippen LogP contribution in [0.3, 0.4) is 0 Å². The van der Waals surface area contributed by atoms with Crippen LogP contribution in [0.2, 0.25) is 0 Å². The molecule has 0 aromatic heterocycles. The van der Waals surface area contributed by atoms with Crippen LogP contribution in [0.5, 0.6) is 17.2 Å². The molecule has 0 heterocycles. The highest BCUT2D eigenvalue weighted by molar-refractivity contribution is 8.01. The number of hydrogen-bond donors (Lipinski definition) is 1. The van der Waals surface area contributed by atoms with Crippen molar-refractivity contribution in [2.24, 2.45) is 0 Å². The Morgan fingerprint density at radius 2 is 1.74 bits per heavy atom. The molecule has 0 aliphatic rings. The van der Waals surface area contributed by atoms with Gasteiger partial charge in [0.1, 0.15) is 23.9 Å². The average Bonchev–Trinajstić information content (AvgIpc) is 2.85. The molecule has 0 amide bonds. The van der Waals surface area contributed by atoms with Gasteiger partial charge in [-0.2, -0.15) is 0 Å². The molecule has 0 aliphatic heterocycles. The summed E-state index contributed by atoms with van der Waals surface area (Å²) in [5.41, 5.74) is 6.07. The van der Waals surface area contributed by atoms with Crippen molar-refractivity contribution in [3.05, 3.63) is 95.4 Å². The predicted molar refractivity (Wildman–Crippen MR) is 139 cm³/mol. The average molecular weight is 477 g/mol. The summed E-state index contributed by atoms with van der Waals surface area (Å²) in [5, 5.41) is 10.9. The van der Waals surface area contributed by atoms with E-state index in [1.54, 1.807) is 31.0 Å². The molecule has 0 bridgehead atoms. The zero-order chi connectivity index (χ0) is 24.5. The second-order valence-electron chi connectivity index (χ2n) is 7.56. The molecule has 6 heteroatoms. The predicted octanol–water partition coefficient (Wildman–Crippen LogP) is 6.60. The smallest absolute Gasteiger partial charge is 0.341 e. The first-order chi connectivity index (χ1) is 16.4. The first kappa shape index (κ1) is 25.0. The van der Waals surface area contributed by atoms with Crippen LogP contribution in [-0.4, -0.2) is 31.0 Å². The molecule has 0 saturated carbocycles. The number of methoxy groups -OCH3 is 1. The van der Waals surface area contributed by atoms with Gasteiger partial charge in [-0.05, 0) is 101 Å². The van der Waals surface area contributed by atoms with E-state index in [4.69, 9.17) is 19.3 Å². The Hall–Kier alpha value is -3.64. The van der Waals surface area contributed by atoms with Crippen molar-refractivity contribution in [3.63, 3.8) is 0 Å². The van der Waals surface area contributed by atoms with Gasteiger partial charge in [-0.15, -0.1) is 11.8 Å². The standard InChI is InChI=1S/C28H28O5S/c1-5-21(18-34-4)23-13-20(14-24(15-23)22-6-8-25(31-3)9-7-22)16-32-26-10-11-27(19(2)12-26)33-17-28(29)30/h5-15,18H,1,16-17H2,2-4H3,(H,29,30)/b21-18+. The molecule has 1 N–H and O–H groups in total. The normalized spacial score (nSPS) is 11.1. The fourth-order valence-electron chi connectivity index (χ4n) is 3.43. The molecule has 0 radical (unpaired) electrons. The molecule has 0 saturated heterocycles. The Morgan fingerprint density at radius 3 is 2.35 bits per heavy atom. The van der Waals surface area contributed by atoms with Crippen LogP contribution in [0.4, 0.5) is 0 Å². The van der Waals surface area contributed by atoms with Crippen LogP contribution in [0, 0.1) is 6.92 Å². The molecule has 0 atom stereocenters. The molecule has 3 aromatic carbocycles. The summed E-state index contributed by atoms with van der Waals surface area (Å²) in [5.74, 6) is 1.00. The SMILES string of the molecule is C=C/C(=C\SC)c1cc(COc2ccc(OCC(=O)O)c(C)c2)cc(-c2ccc(OC)cc2)c1. The maximum Gasteiger partial charge on any atom is 0.341 e. The number of rotatable bonds is 11. The summed E-state index contributed by atoms with van der Waals surface area (Å²) in [7, 11) is 1.65. The monoisotopic (exact) mass is 476 g/mol. The van der Waals surface area contributed by atoms with Gasteiger partial charge in [0.15, 0.2) is 6.61 Å². The minimum Gasteiger partial charge on any atom is -0.497 e. The van der Waals surface area contributed by atoms with Crippen molar-refractivity contribution >= 4 is 23.3 Å². The lowest BCUT2D eigenvalue weighted by atomic mass is 9.96. The number of thioether (sulfide) groups is 1. The van der Waals surface area contributed by atoms with E-state index in [0.717, 1.165) is 39.1 Å². The molecule has 34 heavy (non-hydrogen) atoms. The molecule has 3 rings (SSSR count). The molecule has 0 unspecified atom stereocenters. The molecule has 5 nitrogen and oxygen atoms in total. The highest BCUT2D eigenvalue weighted by Gasteiger charge is 2.09. The lowest BCUT2D eigenvalue weighted by Gasteiger charge is -2.14. The second-order valence-corrected chi connectivity index (χ2v) is 8.27. The molecule has 0 spiro atoms. The van der Waals surface area contributed by atoms with E-state index in [1.165, 1.54) is 0 Å². The fraction of sp³-hybridized carbons (Fsp3) is 0.179. The summed E-state index contributed by atoms with van der Waals surface area (Å²) < 4.78 is 16.6. The highest BCUT2D eigenvalue weighted by atomic mass is 32.2. The van der Waals surface area contributed by atoms with Crippen molar-refractivity contribution in [1.82, 2.24) is 0 Å². The van der Waals surface area contributed by atoms with E-state index in [2.05, 4.69) is 30.2 Å². The first-order valence-electron chi connectivity index (χ1n) is 10.7. The maximum atomic E-state index is 10.7. The fourth-order valence-corrected chi connectivity index (χ4v) is 3.92. The van der Waals surface area contributed by atoms with Crippen LogP contribution < -0.4 is 14.2 Å². The van der Waals surface area contributed by atoms with Gasteiger partial charge in [0.2, 0.25) is 0 Å². The number of allylic oxidation sites excluding steroid dienone is 2. The van der Waals surface area contributed by atoms with Crippen molar-refractivity contribution in [3.8, 4) is 28.4 Å². The van der Waals surface area contributed by atoms with Crippen LogP contribution in [0.15, 0.2) is 78.7 Å².